The smallest absolute Gasteiger partial charge is 0.173 e. The van der Waals surface area contributed by atoms with Gasteiger partial charge in [0.15, 0.2) is 5.78 Å². The number of benzene rings is 1. The summed E-state index contributed by atoms with van der Waals surface area (Å²) < 4.78 is 0. The van der Waals surface area contributed by atoms with E-state index in [1.54, 1.807) is 0 Å². The first-order valence-corrected chi connectivity index (χ1v) is 6.18. The van der Waals surface area contributed by atoms with E-state index in [-0.39, 0.29) is 11.2 Å². The summed E-state index contributed by atoms with van der Waals surface area (Å²) in [6, 6.07) is 6.08. The standard InChI is InChI=1S/C13H17BrO/c1-9-7-10(13(2,3)4)5-6-11(9)12(15)8-14/h5-7H,8H2,1-4H3. The van der Waals surface area contributed by atoms with Crippen LogP contribution in [0.5, 0.6) is 0 Å². The van der Waals surface area contributed by atoms with Crippen molar-refractivity contribution in [2.45, 2.75) is 33.1 Å². The summed E-state index contributed by atoms with van der Waals surface area (Å²) in [7, 11) is 0. The number of rotatable bonds is 2. The third kappa shape index (κ3) is 2.91. The highest BCUT2D eigenvalue weighted by Gasteiger charge is 2.15. The Morgan fingerprint density at radius 3 is 2.33 bits per heavy atom. The van der Waals surface area contributed by atoms with E-state index in [2.05, 4.69) is 42.8 Å². The Balaban J connectivity index is 3.15. The van der Waals surface area contributed by atoms with Gasteiger partial charge in [0.2, 0.25) is 0 Å². The summed E-state index contributed by atoms with van der Waals surface area (Å²) in [5.74, 6) is 0.146. The van der Waals surface area contributed by atoms with Gasteiger partial charge in [0.1, 0.15) is 0 Å². The molecule has 0 aliphatic carbocycles. The van der Waals surface area contributed by atoms with Crippen LogP contribution in [-0.4, -0.2) is 11.1 Å². The number of ketones is 1. The largest absolute Gasteiger partial charge is 0.293 e. The van der Waals surface area contributed by atoms with E-state index in [9.17, 15) is 4.79 Å². The van der Waals surface area contributed by atoms with E-state index in [0.29, 0.717) is 5.33 Å². The highest BCUT2D eigenvalue weighted by Crippen LogP contribution is 2.24. The van der Waals surface area contributed by atoms with Crippen molar-refractivity contribution < 1.29 is 4.79 Å². The predicted octanol–water partition coefficient (Wildman–Crippen LogP) is 3.87. The van der Waals surface area contributed by atoms with Crippen molar-refractivity contribution in [2.24, 2.45) is 0 Å². The van der Waals surface area contributed by atoms with E-state index < -0.39 is 0 Å². The lowest BCUT2D eigenvalue weighted by Crippen LogP contribution is -2.12. The normalized spacial score (nSPS) is 11.5. The topological polar surface area (TPSA) is 17.1 Å². The van der Waals surface area contributed by atoms with Gasteiger partial charge in [-0.05, 0) is 23.5 Å². The van der Waals surface area contributed by atoms with Crippen LogP contribution >= 0.6 is 15.9 Å². The maximum Gasteiger partial charge on any atom is 0.173 e. The quantitative estimate of drug-likeness (QED) is 0.588. The molecule has 0 heterocycles. The second-order valence-corrected chi connectivity index (χ2v) is 5.40. The predicted molar refractivity (Wildman–Crippen MR) is 68.0 cm³/mol. The highest BCUT2D eigenvalue weighted by molar-refractivity contribution is 9.09. The molecule has 0 spiro atoms. The van der Waals surface area contributed by atoms with Gasteiger partial charge in [-0.25, -0.2) is 0 Å². The first-order valence-electron chi connectivity index (χ1n) is 5.06. The summed E-state index contributed by atoms with van der Waals surface area (Å²) in [5, 5.41) is 0.392. The van der Waals surface area contributed by atoms with Crippen molar-refractivity contribution in [3.63, 3.8) is 0 Å². The second kappa shape index (κ2) is 4.48. The van der Waals surface area contributed by atoms with Gasteiger partial charge in [-0.2, -0.15) is 0 Å². The zero-order valence-corrected chi connectivity index (χ0v) is 11.3. The second-order valence-electron chi connectivity index (χ2n) is 4.84. The summed E-state index contributed by atoms with van der Waals surface area (Å²) in [6.45, 7) is 8.51. The van der Waals surface area contributed by atoms with Gasteiger partial charge in [-0.15, -0.1) is 0 Å². The van der Waals surface area contributed by atoms with Crippen LogP contribution in [0.4, 0.5) is 0 Å². The number of aryl methyl sites for hydroxylation is 1. The molecule has 0 amide bonds. The molecule has 0 unspecified atom stereocenters. The number of Topliss-reactive ketones (excluding diaryl/α,β-unsaturated/α-hetero) is 1. The Hall–Kier alpha value is -0.630. The number of hydrogen-bond donors (Lipinski definition) is 0. The maximum atomic E-state index is 11.5. The molecule has 0 atom stereocenters. The van der Waals surface area contributed by atoms with Crippen LogP contribution in [0.25, 0.3) is 0 Å². The molecule has 0 radical (unpaired) electrons. The third-order valence-corrected chi connectivity index (χ3v) is 3.02. The summed E-state index contributed by atoms with van der Waals surface area (Å²) in [6.07, 6.45) is 0. The molecule has 82 valence electrons. The Labute approximate surface area is 100 Å². The molecule has 0 saturated heterocycles. The first-order chi connectivity index (χ1) is 6.86. The van der Waals surface area contributed by atoms with Crippen molar-refractivity contribution in [1.29, 1.82) is 0 Å². The van der Waals surface area contributed by atoms with Crippen molar-refractivity contribution in [3.8, 4) is 0 Å². The maximum absolute atomic E-state index is 11.5. The van der Waals surface area contributed by atoms with Gasteiger partial charge in [0.05, 0.1) is 5.33 Å². The average molecular weight is 269 g/mol. The number of alkyl halides is 1. The molecule has 0 N–H and O–H groups in total. The minimum Gasteiger partial charge on any atom is -0.293 e. The van der Waals surface area contributed by atoms with Crippen LogP contribution in [0.3, 0.4) is 0 Å². The number of carbonyl (C=O) groups excluding carboxylic acids is 1. The molecule has 1 aromatic rings. The van der Waals surface area contributed by atoms with E-state index >= 15 is 0 Å². The van der Waals surface area contributed by atoms with Crippen molar-refractivity contribution >= 4 is 21.7 Å². The molecule has 2 heteroatoms. The van der Waals surface area contributed by atoms with Crippen molar-refractivity contribution in [1.82, 2.24) is 0 Å². The molecular formula is C13H17BrO. The molecular weight excluding hydrogens is 252 g/mol. The summed E-state index contributed by atoms with van der Waals surface area (Å²) >= 11 is 3.19. The summed E-state index contributed by atoms with van der Waals surface area (Å²) in [4.78, 5) is 11.5. The fourth-order valence-corrected chi connectivity index (χ4v) is 1.82. The highest BCUT2D eigenvalue weighted by atomic mass is 79.9. The van der Waals surface area contributed by atoms with Gasteiger partial charge in [0.25, 0.3) is 0 Å². The fourth-order valence-electron chi connectivity index (χ4n) is 1.52. The zero-order chi connectivity index (χ0) is 11.6. The molecule has 15 heavy (non-hydrogen) atoms. The van der Waals surface area contributed by atoms with Gasteiger partial charge in [0, 0.05) is 5.56 Å². The third-order valence-electron chi connectivity index (χ3n) is 2.51. The van der Waals surface area contributed by atoms with Gasteiger partial charge in [-0.1, -0.05) is 54.9 Å². The van der Waals surface area contributed by atoms with Crippen LogP contribution in [0.1, 0.15) is 42.3 Å². The lowest BCUT2D eigenvalue weighted by Gasteiger charge is -2.20. The lowest BCUT2D eigenvalue weighted by molar-refractivity contribution is 0.102. The van der Waals surface area contributed by atoms with E-state index in [1.165, 1.54) is 5.56 Å². The molecule has 0 aliphatic heterocycles. The van der Waals surface area contributed by atoms with E-state index in [1.807, 2.05) is 19.1 Å². The lowest BCUT2D eigenvalue weighted by atomic mass is 9.85. The van der Waals surface area contributed by atoms with Crippen LogP contribution in [0.15, 0.2) is 18.2 Å². The van der Waals surface area contributed by atoms with E-state index in [0.717, 1.165) is 11.1 Å². The van der Waals surface area contributed by atoms with Gasteiger partial charge >= 0.3 is 0 Å². The summed E-state index contributed by atoms with van der Waals surface area (Å²) in [5.41, 5.74) is 3.29. The molecule has 1 rings (SSSR count). The molecule has 0 bridgehead atoms. The van der Waals surface area contributed by atoms with Crippen LogP contribution in [-0.2, 0) is 5.41 Å². The molecule has 0 saturated carbocycles. The Morgan fingerprint density at radius 1 is 1.33 bits per heavy atom. The SMILES string of the molecule is Cc1cc(C(C)(C)C)ccc1C(=O)CBr. The molecule has 1 nitrogen and oxygen atoms in total. The molecule has 0 aromatic heterocycles. The molecule has 0 fully saturated rings. The van der Waals surface area contributed by atoms with E-state index in [4.69, 9.17) is 0 Å². The monoisotopic (exact) mass is 268 g/mol. The first kappa shape index (κ1) is 12.4. The van der Waals surface area contributed by atoms with Gasteiger partial charge < -0.3 is 0 Å². The minimum atomic E-state index is 0.140. The average Bonchev–Trinajstić information content (AvgIpc) is 2.15. The minimum absolute atomic E-state index is 0.140. The van der Waals surface area contributed by atoms with Crippen molar-refractivity contribution in [2.75, 3.05) is 5.33 Å². The Bertz CT molecular complexity index is 375. The number of hydrogen-bond acceptors (Lipinski definition) is 1. The number of halogens is 1. The van der Waals surface area contributed by atoms with Crippen LogP contribution in [0, 0.1) is 6.92 Å². The van der Waals surface area contributed by atoms with Gasteiger partial charge in [-0.3, -0.25) is 4.79 Å². The Kier molecular flexibility index (Phi) is 3.72. The van der Waals surface area contributed by atoms with Crippen molar-refractivity contribution in [3.05, 3.63) is 34.9 Å². The van der Waals surface area contributed by atoms with Crippen LogP contribution < -0.4 is 0 Å². The zero-order valence-electron chi connectivity index (χ0n) is 9.73. The number of carbonyl (C=O) groups is 1. The fraction of sp³-hybridized carbons (Fsp3) is 0.462. The molecule has 0 aliphatic rings. The van der Waals surface area contributed by atoms with Crippen LogP contribution in [0.2, 0.25) is 0 Å². The molecule has 1 aromatic carbocycles. The Morgan fingerprint density at radius 2 is 1.93 bits per heavy atom.